The lowest BCUT2D eigenvalue weighted by atomic mass is 10.0. The molecule has 7 nitrogen and oxygen atoms in total. The van der Waals surface area contributed by atoms with E-state index in [0.717, 1.165) is 37.3 Å². The average Bonchev–Trinajstić information content (AvgIpc) is 2.94. The largest absolute Gasteiger partial charge is 0.444 e. The van der Waals surface area contributed by atoms with Gasteiger partial charge in [0.15, 0.2) is 0 Å². The van der Waals surface area contributed by atoms with Gasteiger partial charge >= 0.3 is 11.8 Å². The number of ether oxygens (including phenoxy) is 1. The monoisotopic (exact) mass is 434 g/mol. The standard InChI is InChI=1S/C22H31ClN4O3/c1-16-14-26(20(28)27(16)19-8-6-17(23)7-9-19)15-25-12-10-18(11-13-25)24(5)21(29)30-22(2,3)4/h6-9,14,18H,10-13,15H2,1-5H3. The van der Waals surface area contributed by atoms with E-state index in [0.29, 0.717) is 11.7 Å². The Bertz CT molecular complexity index is 935. The molecule has 1 aromatic carbocycles. The van der Waals surface area contributed by atoms with Gasteiger partial charge in [-0.1, -0.05) is 11.6 Å². The first kappa shape index (κ1) is 22.4. The molecular weight excluding hydrogens is 404 g/mol. The van der Waals surface area contributed by atoms with Crippen LogP contribution >= 0.6 is 11.6 Å². The molecule has 1 aliphatic rings. The number of likely N-dealkylation sites (tertiary alicyclic amines) is 1. The van der Waals surface area contributed by atoms with Gasteiger partial charge in [0.25, 0.3) is 0 Å². The maximum Gasteiger partial charge on any atom is 0.410 e. The van der Waals surface area contributed by atoms with Crippen molar-refractivity contribution in [2.24, 2.45) is 0 Å². The second-order valence-electron chi connectivity index (χ2n) is 8.92. The van der Waals surface area contributed by atoms with Crippen LogP contribution in [0.15, 0.2) is 35.3 Å². The first-order valence-corrected chi connectivity index (χ1v) is 10.7. The van der Waals surface area contributed by atoms with Crippen LogP contribution in [0.2, 0.25) is 5.02 Å². The number of halogens is 1. The molecule has 30 heavy (non-hydrogen) atoms. The number of hydrogen-bond donors (Lipinski definition) is 0. The number of aromatic nitrogens is 2. The van der Waals surface area contributed by atoms with Crippen molar-refractivity contribution in [1.29, 1.82) is 0 Å². The highest BCUT2D eigenvalue weighted by Crippen LogP contribution is 2.19. The summed E-state index contributed by atoms with van der Waals surface area (Å²) < 4.78 is 8.90. The van der Waals surface area contributed by atoms with E-state index in [-0.39, 0.29) is 17.8 Å². The third kappa shape index (κ3) is 5.26. The molecule has 2 heterocycles. The summed E-state index contributed by atoms with van der Waals surface area (Å²) in [5, 5.41) is 0.642. The Morgan fingerprint density at radius 1 is 1.20 bits per heavy atom. The molecule has 164 valence electrons. The van der Waals surface area contributed by atoms with E-state index in [1.54, 1.807) is 33.2 Å². The van der Waals surface area contributed by atoms with Crippen LogP contribution in [-0.4, -0.2) is 56.8 Å². The van der Waals surface area contributed by atoms with Crippen LogP contribution in [0, 0.1) is 6.92 Å². The van der Waals surface area contributed by atoms with Crippen LogP contribution in [0.1, 0.15) is 39.3 Å². The molecule has 0 radical (unpaired) electrons. The van der Waals surface area contributed by atoms with Gasteiger partial charge in [0.2, 0.25) is 0 Å². The summed E-state index contributed by atoms with van der Waals surface area (Å²) in [5.74, 6) is 0. The number of imidazole rings is 1. The third-order valence-corrected chi connectivity index (χ3v) is 5.61. The number of hydrogen-bond acceptors (Lipinski definition) is 4. The molecular formula is C22H31ClN4O3. The average molecular weight is 435 g/mol. The summed E-state index contributed by atoms with van der Waals surface area (Å²) in [7, 11) is 1.80. The topological polar surface area (TPSA) is 59.7 Å². The van der Waals surface area contributed by atoms with Gasteiger partial charge in [0.1, 0.15) is 5.60 Å². The normalized spacial score (nSPS) is 15.9. The highest BCUT2D eigenvalue weighted by atomic mass is 35.5. The number of nitrogens with zero attached hydrogens (tertiary/aromatic N) is 4. The van der Waals surface area contributed by atoms with E-state index < -0.39 is 5.60 Å². The zero-order valence-corrected chi connectivity index (χ0v) is 19.1. The molecule has 1 saturated heterocycles. The van der Waals surface area contributed by atoms with E-state index in [1.807, 2.05) is 46.0 Å². The van der Waals surface area contributed by atoms with Gasteiger partial charge in [-0.3, -0.25) is 14.0 Å². The molecule has 0 N–H and O–H groups in total. The number of carbonyl (C=O) groups is 1. The van der Waals surface area contributed by atoms with Crippen molar-refractivity contribution in [2.75, 3.05) is 20.1 Å². The van der Waals surface area contributed by atoms with Crippen molar-refractivity contribution in [3.63, 3.8) is 0 Å². The van der Waals surface area contributed by atoms with E-state index >= 15 is 0 Å². The number of benzene rings is 1. The molecule has 0 unspecified atom stereocenters. The first-order valence-electron chi connectivity index (χ1n) is 10.3. The lowest BCUT2D eigenvalue weighted by Gasteiger charge is -2.37. The van der Waals surface area contributed by atoms with Crippen molar-refractivity contribution in [3.05, 3.63) is 51.7 Å². The molecule has 8 heteroatoms. The summed E-state index contributed by atoms with van der Waals surface area (Å²) in [6, 6.07) is 7.41. The molecule has 1 amide bonds. The molecule has 0 bridgehead atoms. The van der Waals surface area contributed by atoms with Gasteiger partial charge in [-0.25, -0.2) is 9.59 Å². The van der Waals surface area contributed by atoms with E-state index in [4.69, 9.17) is 16.3 Å². The first-order chi connectivity index (χ1) is 14.0. The Morgan fingerprint density at radius 3 is 2.37 bits per heavy atom. The minimum atomic E-state index is -0.498. The fourth-order valence-electron chi connectivity index (χ4n) is 3.77. The van der Waals surface area contributed by atoms with Crippen LogP contribution in [0.5, 0.6) is 0 Å². The lowest BCUT2D eigenvalue weighted by Crippen LogP contribution is -2.47. The zero-order valence-electron chi connectivity index (χ0n) is 18.4. The van der Waals surface area contributed by atoms with Gasteiger partial charge in [0.05, 0.1) is 12.4 Å². The van der Waals surface area contributed by atoms with Crippen LogP contribution in [0.25, 0.3) is 5.69 Å². The molecule has 0 spiro atoms. The maximum absolute atomic E-state index is 12.9. The smallest absolute Gasteiger partial charge is 0.410 e. The van der Waals surface area contributed by atoms with E-state index in [2.05, 4.69) is 4.90 Å². The van der Waals surface area contributed by atoms with Crippen molar-refractivity contribution in [1.82, 2.24) is 18.9 Å². The van der Waals surface area contributed by atoms with Crippen molar-refractivity contribution in [2.45, 2.75) is 58.8 Å². The Kier molecular flexibility index (Phi) is 6.62. The SMILES string of the molecule is Cc1cn(CN2CCC(N(C)C(=O)OC(C)(C)C)CC2)c(=O)n1-c1ccc(Cl)cc1. The summed E-state index contributed by atoms with van der Waals surface area (Å²) in [4.78, 5) is 29.2. The predicted octanol–water partition coefficient (Wildman–Crippen LogP) is 3.89. The van der Waals surface area contributed by atoms with Crippen molar-refractivity contribution < 1.29 is 9.53 Å². The molecule has 2 aromatic rings. The number of piperidine rings is 1. The molecule has 1 aromatic heterocycles. The fraction of sp³-hybridized carbons (Fsp3) is 0.545. The second-order valence-corrected chi connectivity index (χ2v) is 9.35. The summed E-state index contributed by atoms with van der Waals surface area (Å²) in [6.07, 6.45) is 3.30. The van der Waals surface area contributed by atoms with E-state index in [9.17, 15) is 9.59 Å². The quantitative estimate of drug-likeness (QED) is 0.732. The highest BCUT2D eigenvalue weighted by molar-refractivity contribution is 6.30. The number of aryl methyl sites for hydroxylation is 1. The Balaban J connectivity index is 1.62. The predicted molar refractivity (Wildman–Crippen MR) is 118 cm³/mol. The number of carbonyl (C=O) groups excluding carboxylic acids is 1. The molecule has 1 fully saturated rings. The Labute approximate surface area is 182 Å². The van der Waals surface area contributed by atoms with Gasteiger partial charge < -0.3 is 9.64 Å². The Morgan fingerprint density at radius 2 is 1.80 bits per heavy atom. The van der Waals surface area contributed by atoms with Crippen molar-refractivity contribution >= 4 is 17.7 Å². The molecule has 1 aliphatic heterocycles. The summed E-state index contributed by atoms with van der Waals surface area (Å²) in [5.41, 5.74) is 1.12. The van der Waals surface area contributed by atoms with Crippen LogP contribution < -0.4 is 5.69 Å². The van der Waals surface area contributed by atoms with Crippen LogP contribution in [0.4, 0.5) is 4.79 Å². The minimum absolute atomic E-state index is 0.0668. The summed E-state index contributed by atoms with van der Waals surface area (Å²) >= 11 is 5.97. The minimum Gasteiger partial charge on any atom is -0.444 e. The number of amides is 1. The Hall–Kier alpha value is -2.25. The van der Waals surface area contributed by atoms with Gasteiger partial charge in [0, 0.05) is 43.1 Å². The fourth-order valence-corrected chi connectivity index (χ4v) is 3.90. The van der Waals surface area contributed by atoms with Gasteiger partial charge in [-0.15, -0.1) is 0 Å². The lowest BCUT2D eigenvalue weighted by molar-refractivity contribution is 0.0137. The highest BCUT2D eigenvalue weighted by Gasteiger charge is 2.28. The number of rotatable bonds is 4. The maximum atomic E-state index is 12.9. The van der Waals surface area contributed by atoms with E-state index in [1.165, 1.54) is 0 Å². The molecule has 0 atom stereocenters. The van der Waals surface area contributed by atoms with Gasteiger partial charge in [-0.05, 0) is 64.8 Å². The summed E-state index contributed by atoms with van der Waals surface area (Å²) in [6.45, 7) is 9.70. The second kappa shape index (κ2) is 8.86. The van der Waals surface area contributed by atoms with Crippen molar-refractivity contribution in [3.8, 4) is 5.69 Å². The van der Waals surface area contributed by atoms with Crippen LogP contribution in [0.3, 0.4) is 0 Å². The van der Waals surface area contributed by atoms with Gasteiger partial charge in [-0.2, -0.15) is 0 Å². The third-order valence-electron chi connectivity index (χ3n) is 5.36. The molecule has 3 rings (SSSR count). The van der Waals surface area contributed by atoms with Crippen LogP contribution in [-0.2, 0) is 11.4 Å². The molecule has 0 saturated carbocycles. The molecule has 0 aliphatic carbocycles. The zero-order chi connectivity index (χ0) is 22.1.